The van der Waals surface area contributed by atoms with Crippen LogP contribution in [0.5, 0.6) is 0 Å². The van der Waals surface area contributed by atoms with E-state index in [-0.39, 0.29) is 0 Å². The highest BCUT2D eigenvalue weighted by molar-refractivity contribution is 5.81. The maximum atomic E-state index is 4.39. The predicted molar refractivity (Wildman–Crippen MR) is 50.2 cm³/mol. The predicted octanol–water partition coefficient (Wildman–Crippen LogP) is 2.19. The molecule has 2 rings (SSSR count). The van der Waals surface area contributed by atoms with Gasteiger partial charge in [0.2, 0.25) is 0 Å². The lowest BCUT2D eigenvalue weighted by atomic mass is 10.1. The first kappa shape index (κ1) is 7.35. The molecule has 0 spiro atoms. The Bertz CT molecular complexity index is 427. The van der Waals surface area contributed by atoms with E-state index in [0.717, 1.165) is 5.52 Å². The molecule has 62 valence electrons. The molecule has 2 heteroatoms. The SMILES string of the molecule is Cc1ccc2c(C)n(C)nc2c1. The Kier molecular flexibility index (Phi) is 1.43. The van der Waals surface area contributed by atoms with E-state index in [1.165, 1.54) is 16.6 Å². The zero-order chi connectivity index (χ0) is 8.72. The second kappa shape index (κ2) is 2.34. The maximum absolute atomic E-state index is 4.39. The van der Waals surface area contributed by atoms with Gasteiger partial charge in [-0.1, -0.05) is 12.1 Å². The van der Waals surface area contributed by atoms with Crippen LogP contribution >= 0.6 is 0 Å². The highest BCUT2D eigenvalue weighted by Gasteiger charge is 2.02. The van der Waals surface area contributed by atoms with E-state index < -0.39 is 0 Å². The number of hydrogen-bond donors (Lipinski definition) is 0. The van der Waals surface area contributed by atoms with Crippen LogP contribution < -0.4 is 0 Å². The van der Waals surface area contributed by atoms with E-state index in [4.69, 9.17) is 0 Å². The number of aromatic nitrogens is 2. The summed E-state index contributed by atoms with van der Waals surface area (Å²) in [6, 6.07) is 6.37. The molecule has 1 heterocycles. The van der Waals surface area contributed by atoms with E-state index in [0.29, 0.717) is 0 Å². The summed E-state index contributed by atoms with van der Waals surface area (Å²) < 4.78 is 1.92. The number of fused-ring (bicyclic) bond motifs is 1. The first-order valence-electron chi connectivity index (χ1n) is 4.08. The standard InChI is InChI=1S/C10H12N2/c1-7-4-5-9-8(2)12(3)11-10(9)6-7/h4-6H,1-3H3. The minimum Gasteiger partial charge on any atom is -0.272 e. The minimum atomic E-state index is 1.09. The Hall–Kier alpha value is -1.31. The summed E-state index contributed by atoms with van der Waals surface area (Å²) in [4.78, 5) is 0. The van der Waals surface area contributed by atoms with Gasteiger partial charge in [0.25, 0.3) is 0 Å². The summed E-state index contributed by atoms with van der Waals surface area (Å²) in [6.07, 6.45) is 0. The fourth-order valence-electron chi connectivity index (χ4n) is 1.44. The highest BCUT2D eigenvalue weighted by Crippen LogP contribution is 2.17. The number of rotatable bonds is 0. The zero-order valence-corrected chi connectivity index (χ0v) is 7.63. The molecule has 0 unspecified atom stereocenters. The molecule has 0 bridgehead atoms. The normalized spacial score (nSPS) is 10.9. The molecule has 1 aromatic heterocycles. The van der Waals surface area contributed by atoms with Crippen molar-refractivity contribution in [2.45, 2.75) is 13.8 Å². The average molecular weight is 160 g/mol. The van der Waals surface area contributed by atoms with Crippen molar-refractivity contribution in [3.05, 3.63) is 29.5 Å². The van der Waals surface area contributed by atoms with Crippen LogP contribution in [0.15, 0.2) is 18.2 Å². The smallest absolute Gasteiger partial charge is 0.0928 e. The van der Waals surface area contributed by atoms with Crippen molar-refractivity contribution in [3.63, 3.8) is 0 Å². The van der Waals surface area contributed by atoms with E-state index in [1.54, 1.807) is 0 Å². The van der Waals surface area contributed by atoms with Gasteiger partial charge in [0.1, 0.15) is 0 Å². The van der Waals surface area contributed by atoms with Gasteiger partial charge in [0.05, 0.1) is 5.52 Å². The van der Waals surface area contributed by atoms with E-state index >= 15 is 0 Å². The van der Waals surface area contributed by atoms with Crippen molar-refractivity contribution >= 4 is 10.9 Å². The molecule has 1 aromatic carbocycles. The Morgan fingerprint density at radius 2 is 2.00 bits per heavy atom. The van der Waals surface area contributed by atoms with Crippen LogP contribution in [-0.2, 0) is 7.05 Å². The number of benzene rings is 1. The third-order valence-corrected chi connectivity index (χ3v) is 2.29. The van der Waals surface area contributed by atoms with Crippen LogP contribution in [0, 0.1) is 13.8 Å². The van der Waals surface area contributed by atoms with Gasteiger partial charge in [-0.2, -0.15) is 5.10 Å². The number of aryl methyl sites for hydroxylation is 3. The van der Waals surface area contributed by atoms with Crippen LogP contribution in [-0.4, -0.2) is 9.78 Å². The van der Waals surface area contributed by atoms with Crippen molar-refractivity contribution in [1.82, 2.24) is 9.78 Å². The average Bonchev–Trinajstić information content (AvgIpc) is 2.28. The van der Waals surface area contributed by atoms with Gasteiger partial charge in [0, 0.05) is 18.1 Å². The van der Waals surface area contributed by atoms with E-state index in [1.807, 2.05) is 11.7 Å². The largest absolute Gasteiger partial charge is 0.272 e. The lowest BCUT2D eigenvalue weighted by Gasteiger charge is -1.91. The molecule has 12 heavy (non-hydrogen) atoms. The zero-order valence-electron chi connectivity index (χ0n) is 7.63. The van der Waals surface area contributed by atoms with Crippen LogP contribution in [0.1, 0.15) is 11.3 Å². The maximum Gasteiger partial charge on any atom is 0.0928 e. The summed E-state index contributed by atoms with van der Waals surface area (Å²) in [5.41, 5.74) is 3.58. The van der Waals surface area contributed by atoms with E-state index in [9.17, 15) is 0 Å². The van der Waals surface area contributed by atoms with Crippen LogP contribution in [0.2, 0.25) is 0 Å². The van der Waals surface area contributed by atoms with Crippen molar-refractivity contribution in [1.29, 1.82) is 0 Å². The summed E-state index contributed by atoms with van der Waals surface area (Å²) in [5.74, 6) is 0. The third-order valence-electron chi connectivity index (χ3n) is 2.29. The van der Waals surface area contributed by atoms with Crippen molar-refractivity contribution in [2.75, 3.05) is 0 Å². The topological polar surface area (TPSA) is 17.8 Å². The van der Waals surface area contributed by atoms with Gasteiger partial charge in [-0.05, 0) is 25.5 Å². The van der Waals surface area contributed by atoms with E-state index in [2.05, 4.69) is 37.1 Å². The molecule has 2 aromatic rings. The first-order valence-corrected chi connectivity index (χ1v) is 4.08. The molecule has 0 radical (unpaired) electrons. The quantitative estimate of drug-likeness (QED) is 0.577. The highest BCUT2D eigenvalue weighted by atomic mass is 15.3. The van der Waals surface area contributed by atoms with Crippen LogP contribution in [0.4, 0.5) is 0 Å². The molecular formula is C10H12N2. The summed E-state index contributed by atoms with van der Waals surface area (Å²) in [7, 11) is 1.98. The van der Waals surface area contributed by atoms with Gasteiger partial charge in [-0.15, -0.1) is 0 Å². The Morgan fingerprint density at radius 3 is 2.75 bits per heavy atom. The van der Waals surface area contributed by atoms with Gasteiger partial charge >= 0.3 is 0 Å². The van der Waals surface area contributed by atoms with Gasteiger partial charge in [-0.3, -0.25) is 4.68 Å². The summed E-state index contributed by atoms with van der Waals surface area (Å²) >= 11 is 0. The molecule has 0 atom stereocenters. The molecule has 0 saturated heterocycles. The summed E-state index contributed by atoms with van der Waals surface area (Å²) in [6.45, 7) is 4.17. The van der Waals surface area contributed by atoms with Gasteiger partial charge < -0.3 is 0 Å². The lowest BCUT2D eigenvalue weighted by molar-refractivity contribution is 0.751. The second-order valence-corrected chi connectivity index (χ2v) is 3.23. The molecule has 0 aliphatic rings. The lowest BCUT2D eigenvalue weighted by Crippen LogP contribution is -1.91. The van der Waals surface area contributed by atoms with Crippen LogP contribution in [0.25, 0.3) is 10.9 Å². The molecule has 0 aliphatic heterocycles. The molecule has 0 N–H and O–H groups in total. The number of nitrogens with zero attached hydrogens (tertiary/aromatic N) is 2. The fourth-order valence-corrected chi connectivity index (χ4v) is 1.44. The van der Waals surface area contributed by atoms with Crippen molar-refractivity contribution in [3.8, 4) is 0 Å². The summed E-state index contributed by atoms with van der Waals surface area (Å²) in [5, 5.41) is 5.64. The van der Waals surface area contributed by atoms with Gasteiger partial charge in [-0.25, -0.2) is 0 Å². The van der Waals surface area contributed by atoms with Crippen molar-refractivity contribution < 1.29 is 0 Å². The molecule has 0 aliphatic carbocycles. The second-order valence-electron chi connectivity index (χ2n) is 3.23. The minimum absolute atomic E-state index is 1.09. The third kappa shape index (κ3) is 0.916. The monoisotopic (exact) mass is 160 g/mol. The Balaban J connectivity index is 2.87. The van der Waals surface area contributed by atoms with Gasteiger partial charge in [0.15, 0.2) is 0 Å². The molecule has 2 nitrogen and oxygen atoms in total. The molecular weight excluding hydrogens is 148 g/mol. The molecule has 0 saturated carbocycles. The fraction of sp³-hybridized carbons (Fsp3) is 0.300. The Morgan fingerprint density at radius 1 is 1.25 bits per heavy atom. The number of hydrogen-bond acceptors (Lipinski definition) is 1. The molecule has 0 amide bonds. The Labute approximate surface area is 71.8 Å². The first-order chi connectivity index (χ1) is 5.68. The van der Waals surface area contributed by atoms with Crippen molar-refractivity contribution in [2.24, 2.45) is 7.05 Å². The molecule has 0 fully saturated rings. The van der Waals surface area contributed by atoms with Crippen LogP contribution in [0.3, 0.4) is 0 Å².